The number of fused-ring (bicyclic) bond motifs is 12. The number of rotatable bonds is 4. The minimum absolute atomic E-state index is 0.849. The molecular formula is C52H30N4OS. The van der Waals surface area contributed by atoms with Crippen LogP contribution in [0.3, 0.4) is 0 Å². The van der Waals surface area contributed by atoms with Gasteiger partial charge in [-0.3, -0.25) is 9.97 Å². The van der Waals surface area contributed by atoms with Gasteiger partial charge in [-0.2, -0.15) is 0 Å². The molecule has 0 N–H and O–H groups in total. The van der Waals surface area contributed by atoms with Crippen molar-refractivity contribution >= 4 is 97.1 Å². The number of aromatic nitrogens is 4. The summed E-state index contributed by atoms with van der Waals surface area (Å²) < 4.78 is 13.4. The highest BCUT2D eigenvalue weighted by Crippen LogP contribution is 2.41. The van der Waals surface area contributed by atoms with Crippen LogP contribution in [0, 0.1) is 0 Å². The molecule has 0 spiro atoms. The molecule has 0 radical (unpaired) electrons. The van der Waals surface area contributed by atoms with E-state index in [4.69, 9.17) is 4.42 Å². The van der Waals surface area contributed by atoms with E-state index in [1.807, 2.05) is 36.0 Å². The summed E-state index contributed by atoms with van der Waals surface area (Å²) in [4.78, 5) is 8.81. The molecule has 0 aliphatic heterocycles. The predicted octanol–water partition coefficient (Wildman–Crippen LogP) is 14.3. The van der Waals surface area contributed by atoms with Gasteiger partial charge in [-0.25, -0.2) is 0 Å². The minimum Gasteiger partial charge on any atom is -0.456 e. The average Bonchev–Trinajstić information content (AvgIpc) is 4.03. The molecule has 0 saturated heterocycles. The van der Waals surface area contributed by atoms with E-state index in [9.17, 15) is 0 Å². The summed E-state index contributed by atoms with van der Waals surface area (Å²) in [6, 6.07) is 57.5. The summed E-state index contributed by atoms with van der Waals surface area (Å²) in [6.07, 6.45) is 7.53. The van der Waals surface area contributed by atoms with E-state index in [0.717, 1.165) is 38.8 Å². The Morgan fingerprint density at radius 1 is 0.362 bits per heavy atom. The van der Waals surface area contributed by atoms with Crippen LogP contribution in [-0.4, -0.2) is 19.1 Å². The van der Waals surface area contributed by atoms with Gasteiger partial charge in [0.05, 0.1) is 22.1 Å². The fourth-order valence-electron chi connectivity index (χ4n) is 9.24. The topological polar surface area (TPSA) is 48.8 Å². The van der Waals surface area contributed by atoms with Crippen molar-refractivity contribution in [2.75, 3.05) is 0 Å². The van der Waals surface area contributed by atoms with E-state index in [2.05, 4.69) is 171 Å². The van der Waals surface area contributed by atoms with Gasteiger partial charge in [0, 0.05) is 88.7 Å². The average molecular weight is 759 g/mol. The Morgan fingerprint density at radius 3 is 1.62 bits per heavy atom. The van der Waals surface area contributed by atoms with Crippen LogP contribution < -0.4 is 0 Å². The third-order valence-electron chi connectivity index (χ3n) is 11.9. The molecule has 0 bridgehead atoms. The van der Waals surface area contributed by atoms with Gasteiger partial charge >= 0.3 is 0 Å². The molecule has 0 amide bonds. The molecule has 0 saturated carbocycles. The molecule has 0 atom stereocenters. The Labute approximate surface area is 335 Å². The van der Waals surface area contributed by atoms with Crippen molar-refractivity contribution in [1.82, 2.24) is 19.1 Å². The lowest BCUT2D eigenvalue weighted by Crippen LogP contribution is -1.93. The lowest BCUT2D eigenvalue weighted by molar-refractivity contribution is 0.668. The Morgan fingerprint density at radius 2 is 0.914 bits per heavy atom. The molecule has 7 aromatic carbocycles. The molecule has 0 unspecified atom stereocenters. The first kappa shape index (κ1) is 31.6. The SMILES string of the molecule is c1cc(-c2ccc3c(c2)c2ccccc2n3-c2ccc3oc4ccncc4c3c2)cc(-c2ccc3c(c2)c2ccccc2n3-c2ccc3sc4ccncc4c3c2)c1. The number of thiophene rings is 1. The lowest BCUT2D eigenvalue weighted by atomic mass is 9.97. The molecule has 58 heavy (non-hydrogen) atoms. The van der Waals surface area contributed by atoms with Gasteiger partial charge in [-0.1, -0.05) is 66.7 Å². The number of benzene rings is 7. The van der Waals surface area contributed by atoms with E-state index in [1.54, 1.807) is 6.20 Å². The summed E-state index contributed by atoms with van der Waals surface area (Å²) in [5.41, 5.74) is 13.4. The van der Waals surface area contributed by atoms with Gasteiger partial charge in [0.15, 0.2) is 0 Å². The van der Waals surface area contributed by atoms with Gasteiger partial charge in [0.2, 0.25) is 0 Å². The van der Waals surface area contributed by atoms with E-state index in [1.165, 1.54) is 80.5 Å². The van der Waals surface area contributed by atoms with Gasteiger partial charge in [0.1, 0.15) is 11.2 Å². The van der Waals surface area contributed by atoms with Gasteiger partial charge in [-0.05, 0) is 113 Å². The summed E-state index contributed by atoms with van der Waals surface area (Å²) in [5, 5.41) is 9.46. The second-order valence-electron chi connectivity index (χ2n) is 15.1. The van der Waals surface area contributed by atoms with Crippen molar-refractivity contribution in [2.45, 2.75) is 0 Å². The molecule has 0 fully saturated rings. The standard InChI is InChI=1S/C52H30N4OS/c1-3-10-45-37(8-1)39-25-33(12-16-47(39)55(45)35-14-18-49-41(27-35)43-29-53-22-20-50(43)57-49)31-6-5-7-32(24-31)34-13-17-48-40(26-34)38-9-2-4-11-46(38)56(48)36-15-19-51-42(28-36)44-30-54-23-21-52(44)58-51/h1-30H. The van der Waals surface area contributed by atoms with Crippen LogP contribution in [0.5, 0.6) is 0 Å². The second-order valence-corrected chi connectivity index (χ2v) is 16.1. The van der Waals surface area contributed by atoms with E-state index < -0.39 is 0 Å². The first-order valence-corrected chi connectivity index (χ1v) is 20.3. The smallest absolute Gasteiger partial charge is 0.138 e. The van der Waals surface area contributed by atoms with Crippen molar-refractivity contribution < 1.29 is 4.42 Å². The number of nitrogens with zero attached hydrogens (tertiary/aromatic N) is 4. The van der Waals surface area contributed by atoms with Crippen LogP contribution in [0.4, 0.5) is 0 Å². The Kier molecular flexibility index (Phi) is 6.54. The molecule has 6 aromatic heterocycles. The highest BCUT2D eigenvalue weighted by molar-refractivity contribution is 7.25. The first-order chi connectivity index (χ1) is 28.7. The van der Waals surface area contributed by atoms with Crippen molar-refractivity contribution in [1.29, 1.82) is 0 Å². The number of pyridine rings is 2. The number of furan rings is 1. The van der Waals surface area contributed by atoms with Gasteiger partial charge in [-0.15, -0.1) is 11.3 Å². The number of hydrogen-bond acceptors (Lipinski definition) is 4. The Balaban J connectivity index is 0.923. The fourth-order valence-corrected chi connectivity index (χ4v) is 10.3. The molecule has 270 valence electrons. The summed E-state index contributed by atoms with van der Waals surface area (Å²) in [6.45, 7) is 0. The predicted molar refractivity (Wildman–Crippen MR) is 242 cm³/mol. The maximum atomic E-state index is 6.14. The molecular weight excluding hydrogens is 729 g/mol. The molecule has 0 aliphatic carbocycles. The molecule has 6 heterocycles. The first-order valence-electron chi connectivity index (χ1n) is 19.4. The Hall–Kier alpha value is -7.54. The normalized spacial score (nSPS) is 12.1. The fraction of sp³-hybridized carbons (Fsp3) is 0. The molecule has 5 nitrogen and oxygen atoms in total. The largest absolute Gasteiger partial charge is 0.456 e. The van der Waals surface area contributed by atoms with Crippen molar-refractivity contribution in [3.63, 3.8) is 0 Å². The summed E-state index contributed by atoms with van der Waals surface area (Å²) in [5.74, 6) is 0. The maximum Gasteiger partial charge on any atom is 0.138 e. The van der Waals surface area contributed by atoms with Crippen LogP contribution in [0.1, 0.15) is 0 Å². The molecule has 13 aromatic rings. The maximum absolute atomic E-state index is 6.14. The molecule has 13 rings (SSSR count). The van der Waals surface area contributed by atoms with Crippen LogP contribution >= 0.6 is 11.3 Å². The Bertz CT molecular complexity index is 3580. The number of para-hydroxylation sites is 2. The zero-order valence-electron chi connectivity index (χ0n) is 30.9. The van der Waals surface area contributed by atoms with E-state index >= 15 is 0 Å². The zero-order chi connectivity index (χ0) is 37.9. The van der Waals surface area contributed by atoms with Crippen LogP contribution in [0.25, 0.3) is 119 Å². The quantitative estimate of drug-likeness (QED) is 0.180. The highest BCUT2D eigenvalue weighted by Gasteiger charge is 2.18. The lowest BCUT2D eigenvalue weighted by Gasteiger charge is -2.10. The highest BCUT2D eigenvalue weighted by atomic mass is 32.1. The zero-order valence-corrected chi connectivity index (χ0v) is 31.7. The van der Waals surface area contributed by atoms with Gasteiger partial charge < -0.3 is 13.6 Å². The van der Waals surface area contributed by atoms with E-state index in [0.29, 0.717) is 0 Å². The van der Waals surface area contributed by atoms with Crippen molar-refractivity contribution in [3.8, 4) is 33.6 Å². The monoisotopic (exact) mass is 758 g/mol. The van der Waals surface area contributed by atoms with Crippen LogP contribution in [0.15, 0.2) is 187 Å². The third kappa shape index (κ3) is 4.58. The third-order valence-corrected chi connectivity index (χ3v) is 13.1. The van der Waals surface area contributed by atoms with Crippen LogP contribution in [0.2, 0.25) is 0 Å². The van der Waals surface area contributed by atoms with Crippen LogP contribution in [-0.2, 0) is 0 Å². The second kappa shape index (κ2) is 12.0. The number of hydrogen-bond donors (Lipinski definition) is 0. The van der Waals surface area contributed by atoms with E-state index in [-0.39, 0.29) is 0 Å². The molecule has 6 heteroatoms. The minimum atomic E-state index is 0.849. The molecule has 0 aliphatic rings. The van der Waals surface area contributed by atoms with Crippen molar-refractivity contribution in [3.05, 3.63) is 183 Å². The van der Waals surface area contributed by atoms with Gasteiger partial charge in [0.25, 0.3) is 0 Å². The summed E-state index contributed by atoms with van der Waals surface area (Å²) >= 11 is 1.82. The van der Waals surface area contributed by atoms with Crippen molar-refractivity contribution in [2.24, 2.45) is 0 Å². The summed E-state index contributed by atoms with van der Waals surface area (Å²) in [7, 11) is 0.